The fourth-order valence-electron chi connectivity index (χ4n) is 2.53. The summed E-state index contributed by atoms with van der Waals surface area (Å²) in [6, 6.07) is 5.53. The third kappa shape index (κ3) is 3.48. The summed E-state index contributed by atoms with van der Waals surface area (Å²) in [7, 11) is 2.11. The minimum absolute atomic E-state index is 0.0550. The first kappa shape index (κ1) is 14.3. The molecule has 1 heterocycles. The van der Waals surface area contributed by atoms with Gasteiger partial charge in [0.2, 0.25) is 0 Å². The zero-order valence-electron chi connectivity index (χ0n) is 11.3. The van der Waals surface area contributed by atoms with Gasteiger partial charge < -0.3 is 16.0 Å². The molecule has 2 rings (SSSR count). The fraction of sp³-hybridized carbons (Fsp3) is 0.500. The molecule has 0 spiro atoms. The summed E-state index contributed by atoms with van der Waals surface area (Å²) >= 11 is 3.40. The number of likely N-dealkylation sites (tertiary alicyclic amines) is 1. The molecule has 19 heavy (non-hydrogen) atoms. The summed E-state index contributed by atoms with van der Waals surface area (Å²) in [4.78, 5) is 14.6. The van der Waals surface area contributed by atoms with Gasteiger partial charge in [-0.2, -0.15) is 0 Å². The zero-order chi connectivity index (χ0) is 14.0. The average molecular weight is 326 g/mol. The first-order valence-corrected chi connectivity index (χ1v) is 7.31. The Labute approximate surface area is 122 Å². The summed E-state index contributed by atoms with van der Waals surface area (Å²) in [6.45, 7) is 4.21. The van der Waals surface area contributed by atoms with E-state index in [1.807, 2.05) is 6.07 Å². The van der Waals surface area contributed by atoms with Gasteiger partial charge in [-0.1, -0.05) is 6.92 Å². The Bertz CT molecular complexity index is 478. The third-order valence-corrected chi connectivity index (χ3v) is 4.35. The summed E-state index contributed by atoms with van der Waals surface area (Å²) in [5.41, 5.74) is 6.94. The quantitative estimate of drug-likeness (QED) is 0.819. The minimum Gasteiger partial charge on any atom is -0.399 e. The van der Waals surface area contributed by atoms with Crippen molar-refractivity contribution in [3.63, 3.8) is 0 Å². The molecule has 1 aromatic carbocycles. The number of amides is 1. The monoisotopic (exact) mass is 325 g/mol. The molecular formula is C14H20BrN3O. The van der Waals surface area contributed by atoms with E-state index in [4.69, 9.17) is 5.73 Å². The van der Waals surface area contributed by atoms with Crippen LogP contribution in [0.15, 0.2) is 22.7 Å². The van der Waals surface area contributed by atoms with Crippen molar-refractivity contribution in [3.8, 4) is 0 Å². The molecule has 0 saturated carbocycles. The number of halogens is 1. The van der Waals surface area contributed by atoms with Crippen LogP contribution in [0.3, 0.4) is 0 Å². The summed E-state index contributed by atoms with van der Waals surface area (Å²) in [5.74, 6) is 0.406. The van der Waals surface area contributed by atoms with E-state index in [1.54, 1.807) is 12.1 Å². The number of anilines is 1. The standard InChI is InChI=1S/C14H20BrN3O/c1-9-8-18(2)6-5-13(9)17-14(19)11-7-10(16)3-4-12(11)15/h3-4,7,9,13H,5-6,8,16H2,1-2H3,(H,17,19). The molecule has 1 saturated heterocycles. The Hall–Kier alpha value is -1.07. The highest BCUT2D eigenvalue weighted by atomic mass is 79.9. The van der Waals surface area contributed by atoms with Crippen LogP contribution in [-0.2, 0) is 0 Å². The van der Waals surface area contributed by atoms with Crippen molar-refractivity contribution in [1.29, 1.82) is 0 Å². The molecule has 0 aromatic heterocycles. The minimum atomic E-state index is -0.0550. The van der Waals surface area contributed by atoms with Crippen LogP contribution in [0.25, 0.3) is 0 Å². The van der Waals surface area contributed by atoms with Crippen LogP contribution < -0.4 is 11.1 Å². The Balaban J connectivity index is 2.06. The predicted molar refractivity (Wildman–Crippen MR) is 81.1 cm³/mol. The lowest BCUT2D eigenvalue weighted by atomic mass is 9.94. The molecule has 1 fully saturated rings. The van der Waals surface area contributed by atoms with Gasteiger partial charge in [-0.05, 0) is 60.1 Å². The molecule has 1 aliphatic heterocycles. The third-order valence-electron chi connectivity index (χ3n) is 3.66. The number of rotatable bonds is 2. The molecule has 1 amide bonds. The Morgan fingerprint density at radius 1 is 1.53 bits per heavy atom. The van der Waals surface area contributed by atoms with Gasteiger partial charge in [-0.3, -0.25) is 4.79 Å². The molecule has 4 nitrogen and oxygen atoms in total. The number of nitrogen functional groups attached to an aromatic ring is 1. The number of carbonyl (C=O) groups is 1. The smallest absolute Gasteiger partial charge is 0.252 e. The highest BCUT2D eigenvalue weighted by Gasteiger charge is 2.26. The van der Waals surface area contributed by atoms with E-state index in [-0.39, 0.29) is 11.9 Å². The van der Waals surface area contributed by atoms with E-state index in [9.17, 15) is 4.79 Å². The van der Waals surface area contributed by atoms with Crippen molar-refractivity contribution in [3.05, 3.63) is 28.2 Å². The first-order chi connectivity index (χ1) is 8.97. The zero-order valence-corrected chi connectivity index (χ0v) is 12.9. The maximum absolute atomic E-state index is 12.3. The van der Waals surface area contributed by atoms with Crippen LogP contribution >= 0.6 is 15.9 Å². The Morgan fingerprint density at radius 3 is 2.95 bits per heavy atom. The Kier molecular flexibility index (Phi) is 4.47. The highest BCUT2D eigenvalue weighted by molar-refractivity contribution is 9.10. The lowest BCUT2D eigenvalue weighted by Crippen LogP contribution is -2.48. The number of nitrogens with two attached hydrogens (primary N) is 1. The molecule has 0 aliphatic carbocycles. The van der Waals surface area contributed by atoms with Crippen LogP contribution in [0.1, 0.15) is 23.7 Å². The number of nitrogens with one attached hydrogen (secondary N) is 1. The second-order valence-electron chi connectivity index (χ2n) is 5.35. The maximum Gasteiger partial charge on any atom is 0.252 e. The van der Waals surface area contributed by atoms with E-state index in [2.05, 4.69) is 40.1 Å². The van der Waals surface area contributed by atoms with Crippen molar-refractivity contribution < 1.29 is 4.79 Å². The fourth-order valence-corrected chi connectivity index (χ4v) is 2.96. The molecule has 2 atom stereocenters. The van der Waals surface area contributed by atoms with Crippen molar-refractivity contribution in [2.75, 3.05) is 25.9 Å². The summed E-state index contributed by atoms with van der Waals surface area (Å²) in [5, 5.41) is 3.12. The topological polar surface area (TPSA) is 58.4 Å². The van der Waals surface area contributed by atoms with Gasteiger partial charge in [-0.25, -0.2) is 0 Å². The second kappa shape index (κ2) is 5.92. The van der Waals surface area contributed by atoms with E-state index < -0.39 is 0 Å². The SMILES string of the molecule is CC1CN(C)CCC1NC(=O)c1cc(N)ccc1Br. The van der Waals surface area contributed by atoms with Crippen LogP contribution in [0.5, 0.6) is 0 Å². The number of benzene rings is 1. The maximum atomic E-state index is 12.3. The molecule has 5 heteroatoms. The number of hydrogen-bond acceptors (Lipinski definition) is 3. The van der Waals surface area contributed by atoms with E-state index in [0.717, 1.165) is 24.0 Å². The molecule has 0 radical (unpaired) electrons. The Morgan fingerprint density at radius 2 is 2.26 bits per heavy atom. The van der Waals surface area contributed by atoms with Gasteiger partial charge in [0.1, 0.15) is 0 Å². The molecule has 1 aromatic rings. The van der Waals surface area contributed by atoms with Crippen molar-refractivity contribution >= 4 is 27.5 Å². The average Bonchev–Trinajstić information content (AvgIpc) is 2.35. The molecule has 3 N–H and O–H groups in total. The summed E-state index contributed by atoms with van der Waals surface area (Å²) in [6.07, 6.45) is 0.989. The van der Waals surface area contributed by atoms with Crippen molar-refractivity contribution in [1.82, 2.24) is 10.2 Å². The van der Waals surface area contributed by atoms with E-state index in [1.165, 1.54) is 0 Å². The first-order valence-electron chi connectivity index (χ1n) is 6.52. The lowest BCUT2D eigenvalue weighted by Gasteiger charge is -2.35. The number of carbonyl (C=O) groups excluding carboxylic acids is 1. The highest BCUT2D eigenvalue weighted by Crippen LogP contribution is 2.21. The lowest BCUT2D eigenvalue weighted by molar-refractivity contribution is 0.0883. The second-order valence-corrected chi connectivity index (χ2v) is 6.20. The van der Waals surface area contributed by atoms with Gasteiger partial charge >= 0.3 is 0 Å². The van der Waals surface area contributed by atoms with Gasteiger partial charge in [0, 0.05) is 22.7 Å². The van der Waals surface area contributed by atoms with Crippen LogP contribution in [-0.4, -0.2) is 37.0 Å². The van der Waals surface area contributed by atoms with Gasteiger partial charge in [0.15, 0.2) is 0 Å². The number of piperidine rings is 1. The van der Waals surface area contributed by atoms with Crippen molar-refractivity contribution in [2.24, 2.45) is 5.92 Å². The molecule has 1 aliphatic rings. The molecule has 2 unspecified atom stereocenters. The van der Waals surface area contributed by atoms with Gasteiger partial charge in [0.05, 0.1) is 5.56 Å². The number of nitrogens with zero attached hydrogens (tertiary/aromatic N) is 1. The van der Waals surface area contributed by atoms with E-state index in [0.29, 0.717) is 17.2 Å². The van der Waals surface area contributed by atoms with Gasteiger partial charge in [-0.15, -0.1) is 0 Å². The van der Waals surface area contributed by atoms with Gasteiger partial charge in [0.25, 0.3) is 5.91 Å². The van der Waals surface area contributed by atoms with E-state index >= 15 is 0 Å². The van der Waals surface area contributed by atoms with Crippen LogP contribution in [0.4, 0.5) is 5.69 Å². The number of hydrogen-bond donors (Lipinski definition) is 2. The molecular weight excluding hydrogens is 306 g/mol. The normalized spacial score (nSPS) is 24.2. The molecule has 104 valence electrons. The van der Waals surface area contributed by atoms with Crippen LogP contribution in [0.2, 0.25) is 0 Å². The predicted octanol–water partition coefficient (Wildman–Crippen LogP) is 2.10. The van der Waals surface area contributed by atoms with Crippen molar-refractivity contribution in [2.45, 2.75) is 19.4 Å². The molecule has 0 bridgehead atoms. The van der Waals surface area contributed by atoms with Crippen LogP contribution in [0, 0.1) is 5.92 Å². The summed E-state index contributed by atoms with van der Waals surface area (Å²) < 4.78 is 0.778. The largest absolute Gasteiger partial charge is 0.399 e.